The third-order valence-electron chi connectivity index (χ3n) is 3.12. The Bertz CT molecular complexity index is 431. The zero-order chi connectivity index (χ0) is 13.0. The second kappa shape index (κ2) is 5.91. The smallest absolute Gasteiger partial charge is 0.224 e. The highest BCUT2D eigenvalue weighted by atomic mass is 19.2. The van der Waals surface area contributed by atoms with Gasteiger partial charge in [-0.25, -0.2) is 8.78 Å². The van der Waals surface area contributed by atoms with Gasteiger partial charge in [-0.05, 0) is 37.1 Å². The van der Waals surface area contributed by atoms with Crippen molar-refractivity contribution in [2.75, 3.05) is 13.1 Å². The van der Waals surface area contributed by atoms with E-state index in [0.29, 0.717) is 12.1 Å². The summed E-state index contributed by atoms with van der Waals surface area (Å²) >= 11 is 0. The Labute approximate surface area is 105 Å². The van der Waals surface area contributed by atoms with Crippen molar-refractivity contribution in [1.29, 1.82) is 0 Å². The molecule has 2 N–H and O–H groups in total. The van der Waals surface area contributed by atoms with Crippen molar-refractivity contribution in [2.45, 2.75) is 19.4 Å². The summed E-state index contributed by atoms with van der Waals surface area (Å²) in [5, 5.41) is 5.91. The number of carbonyl (C=O) groups excluding carboxylic acids is 1. The maximum atomic E-state index is 13.0. The van der Waals surface area contributed by atoms with Gasteiger partial charge in [0.25, 0.3) is 0 Å². The van der Waals surface area contributed by atoms with Gasteiger partial charge >= 0.3 is 0 Å². The SMILES string of the molecule is O=C(NCc1ccc(F)c(F)c1)C1CCCNC1. The summed E-state index contributed by atoms with van der Waals surface area (Å²) in [5.41, 5.74) is 0.561. The predicted molar refractivity (Wildman–Crippen MR) is 63.8 cm³/mol. The minimum Gasteiger partial charge on any atom is -0.352 e. The van der Waals surface area contributed by atoms with E-state index < -0.39 is 11.6 Å². The molecule has 3 nitrogen and oxygen atoms in total. The lowest BCUT2D eigenvalue weighted by Crippen LogP contribution is -2.40. The number of hydrogen-bond acceptors (Lipinski definition) is 2. The quantitative estimate of drug-likeness (QED) is 0.860. The highest BCUT2D eigenvalue weighted by Gasteiger charge is 2.20. The van der Waals surface area contributed by atoms with E-state index in [1.807, 2.05) is 0 Å². The Morgan fingerprint density at radius 3 is 2.89 bits per heavy atom. The Morgan fingerprint density at radius 2 is 2.22 bits per heavy atom. The zero-order valence-electron chi connectivity index (χ0n) is 10.0. The summed E-state index contributed by atoms with van der Waals surface area (Å²) in [4.78, 5) is 11.8. The predicted octanol–water partition coefficient (Wildman–Crippen LogP) is 1.58. The van der Waals surface area contributed by atoms with Crippen molar-refractivity contribution >= 4 is 5.91 Å². The van der Waals surface area contributed by atoms with Gasteiger partial charge in [0.05, 0.1) is 5.92 Å². The molecule has 1 aliphatic rings. The summed E-state index contributed by atoms with van der Waals surface area (Å²) in [6, 6.07) is 3.64. The van der Waals surface area contributed by atoms with Gasteiger partial charge in [0.15, 0.2) is 11.6 Å². The molecule has 1 aromatic carbocycles. The fraction of sp³-hybridized carbons (Fsp3) is 0.462. The third kappa shape index (κ3) is 3.26. The lowest BCUT2D eigenvalue weighted by Gasteiger charge is -2.21. The second-order valence-electron chi connectivity index (χ2n) is 4.51. The van der Waals surface area contributed by atoms with Gasteiger partial charge in [-0.2, -0.15) is 0 Å². The Morgan fingerprint density at radius 1 is 1.39 bits per heavy atom. The van der Waals surface area contributed by atoms with Gasteiger partial charge < -0.3 is 10.6 Å². The molecule has 0 bridgehead atoms. The van der Waals surface area contributed by atoms with E-state index in [1.165, 1.54) is 6.07 Å². The molecule has 0 aliphatic carbocycles. The largest absolute Gasteiger partial charge is 0.352 e. The van der Waals surface area contributed by atoms with E-state index in [-0.39, 0.29) is 18.4 Å². The van der Waals surface area contributed by atoms with Gasteiger partial charge in [0.2, 0.25) is 5.91 Å². The van der Waals surface area contributed by atoms with Gasteiger partial charge in [0, 0.05) is 13.1 Å². The number of piperidine rings is 1. The van der Waals surface area contributed by atoms with Crippen LogP contribution in [-0.4, -0.2) is 19.0 Å². The molecule has 5 heteroatoms. The fourth-order valence-electron chi connectivity index (χ4n) is 2.06. The van der Waals surface area contributed by atoms with Crippen LogP contribution in [0, 0.1) is 17.6 Å². The fourth-order valence-corrected chi connectivity index (χ4v) is 2.06. The van der Waals surface area contributed by atoms with Crippen LogP contribution in [0.2, 0.25) is 0 Å². The van der Waals surface area contributed by atoms with Crippen LogP contribution in [0.15, 0.2) is 18.2 Å². The number of rotatable bonds is 3. The summed E-state index contributed by atoms with van der Waals surface area (Å²) < 4.78 is 25.7. The molecule has 1 fully saturated rings. The minimum absolute atomic E-state index is 0.0240. The first-order chi connectivity index (χ1) is 8.66. The molecule has 1 unspecified atom stereocenters. The Balaban J connectivity index is 1.86. The Kier molecular flexibility index (Phi) is 4.25. The molecule has 18 heavy (non-hydrogen) atoms. The van der Waals surface area contributed by atoms with Crippen molar-refractivity contribution in [1.82, 2.24) is 10.6 Å². The molecule has 0 spiro atoms. The van der Waals surface area contributed by atoms with E-state index in [2.05, 4.69) is 10.6 Å². The molecule has 2 rings (SSSR count). The molecule has 1 atom stereocenters. The van der Waals surface area contributed by atoms with Crippen molar-refractivity contribution in [3.8, 4) is 0 Å². The lowest BCUT2D eigenvalue weighted by molar-refractivity contribution is -0.125. The molecule has 1 saturated heterocycles. The van der Waals surface area contributed by atoms with Gasteiger partial charge in [0.1, 0.15) is 0 Å². The van der Waals surface area contributed by atoms with Crippen LogP contribution in [-0.2, 0) is 11.3 Å². The number of hydrogen-bond donors (Lipinski definition) is 2. The molecule has 1 aromatic rings. The molecular formula is C13H16F2N2O. The monoisotopic (exact) mass is 254 g/mol. The number of halogens is 2. The number of amides is 1. The number of carbonyl (C=O) groups is 1. The maximum Gasteiger partial charge on any atom is 0.224 e. The van der Waals surface area contributed by atoms with Crippen molar-refractivity contribution in [3.63, 3.8) is 0 Å². The molecule has 1 aliphatic heterocycles. The molecular weight excluding hydrogens is 238 g/mol. The summed E-state index contributed by atoms with van der Waals surface area (Å²) in [7, 11) is 0. The molecule has 0 saturated carbocycles. The van der Waals surface area contributed by atoms with Crippen molar-refractivity contribution in [2.24, 2.45) is 5.92 Å². The highest BCUT2D eigenvalue weighted by Crippen LogP contribution is 2.11. The molecule has 0 radical (unpaired) electrons. The summed E-state index contributed by atoms with van der Waals surface area (Å²) in [6.45, 7) is 1.86. The maximum absolute atomic E-state index is 13.0. The molecule has 1 amide bonds. The first-order valence-electron chi connectivity index (χ1n) is 6.09. The normalized spacial score (nSPS) is 19.6. The molecule has 0 aromatic heterocycles. The van der Waals surface area contributed by atoms with Crippen LogP contribution in [0.3, 0.4) is 0 Å². The van der Waals surface area contributed by atoms with Gasteiger partial charge in [-0.1, -0.05) is 6.07 Å². The topological polar surface area (TPSA) is 41.1 Å². The van der Waals surface area contributed by atoms with E-state index in [0.717, 1.165) is 31.5 Å². The van der Waals surface area contributed by atoms with Crippen molar-refractivity contribution in [3.05, 3.63) is 35.4 Å². The van der Waals surface area contributed by atoms with Crippen LogP contribution in [0.1, 0.15) is 18.4 Å². The van der Waals surface area contributed by atoms with E-state index >= 15 is 0 Å². The average molecular weight is 254 g/mol. The van der Waals surface area contributed by atoms with Crippen LogP contribution in [0.4, 0.5) is 8.78 Å². The van der Waals surface area contributed by atoms with E-state index in [9.17, 15) is 13.6 Å². The van der Waals surface area contributed by atoms with Crippen LogP contribution < -0.4 is 10.6 Å². The van der Waals surface area contributed by atoms with E-state index in [4.69, 9.17) is 0 Å². The zero-order valence-corrected chi connectivity index (χ0v) is 10.0. The van der Waals surface area contributed by atoms with E-state index in [1.54, 1.807) is 0 Å². The average Bonchev–Trinajstić information content (AvgIpc) is 2.41. The van der Waals surface area contributed by atoms with Crippen LogP contribution in [0.5, 0.6) is 0 Å². The second-order valence-corrected chi connectivity index (χ2v) is 4.51. The summed E-state index contributed by atoms with van der Waals surface area (Å²) in [6.07, 6.45) is 1.86. The van der Waals surface area contributed by atoms with Crippen LogP contribution in [0.25, 0.3) is 0 Å². The summed E-state index contributed by atoms with van der Waals surface area (Å²) in [5.74, 6) is -1.82. The number of benzene rings is 1. The molecule has 1 heterocycles. The van der Waals surface area contributed by atoms with Gasteiger partial charge in [-0.3, -0.25) is 4.79 Å². The third-order valence-corrected chi connectivity index (χ3v) is 3.12. The standard InChI is InChI=1S/C13H16F2N2O/c14-11-4-3-9(6-12(11)15)7-17-13(18)10-2-1-5-16-8-10/h3-4,6,10,16H,1-2,5,7-8H2,(H,17,18). The minimum atomic E-state index is -0.888. The molecule has 98 valence electrons. The Hall–Kier alpha value is -1.49. The van der Waals surface area contributed by atoms with Crippen molar-refractivity contribution < 1.29 is 13.6 Å². The highest BCUT2D eigenvalue weighted by molar-refractivity contribution is 5.78. The first-order valence-corrected chi connectivity index (χ1v) is 6.09. The van der Waals surface area contributed by atoms with Gasteiger partial charge in [-0.15, -0.1) is 0 Å². The lowest BCUT2D eigenvalue weighted by atomic mass is 9.99. The van der Waals surface area contributed by atoms with Crippen LogP contribution >= 0.6 is 0 Å². The first kappa shape index (κ1) is 13.0. The number of nitrogens with one attached hydrogen (secondary N) is 2.